The number of amidine groups is 1. The number of hydrogen-bond acceptors (Lipinski definition) is 8. The number of thiazole rings is 1. The van der Waals surface area contributed by atoms with Crippen LogP contribution in [0, 0.1) is 17.6 Å². The molecule has 1 atom stereocenters. The Balaban J connectivity index is 1.86. The van der Waals surface area contributed by atoms with Gasteiger partial charge in [0.2, 0.25) is 10.9 Å². The summed E-state index contributed by atoms with van der Waals surface area (Å²) < 4.78 is 57.7. The van der Waals surface area contributed by atoms with Gasteiger partial charge in [-0.3, -0.25) is 4.99 Å². The van der Waals surface area contributed by atoms with Gasteiger partial charge >= 0.3 is 5.97 Å². The van der Waals surface area contributed by atoms with Crippen LogP contribution in [0.25, 0.3) is 0 Å². The van der Waals surface area contributed by atoms with Gasteiger partial charge < -0.3 is 10.1 Å². The number of carbonyl (C=O) groups is 1. The SMILES string of the molecule is CCOC(=O)C1=C(C2CCN([SH](=O)=O)CC2)NC(c2nccs2)=N[C@H]1c1ccc(F)c(F)c1Br. The number of aromatic nitrogens is 1. The molecule has 1 aromatic carbocycles. The largest absolute Gasteiger partial charge is 0.463 e. The van der Waals surface area contributed by atoms with Crippen LogP contribution in [-0.4, -0.2) is 49.2 Å². The molecular weight excluding hydrogens is 554 g/mol. The van der Waals surface area contributed by atoms with Crippen LogP contribution in [0.5, 0.6) is 0 Å². The summed E-state index contributed by atoms with van der Waals surface area (Å²) in [6.07, 6.45) is 2.54. The molecule has 3 heterocycles. The van der Waals surface area contributed by atoms with E-state index in [1.165, 1.54) is 21.7 Å². The Labute approximate surface area is 208 Å². The number of benzene rings is 1. The van der Waals surface area contributed by atoms with Crippen molar-refractivity contribution in [2.45, 2.75) is 25.8 Å². The number of piperidine rings is 1. The van der Waals surface area contributed by atoms with Gasteiger partial charge in [-0.25, -0.2) is 31.3 Å². The number of ether oxygens (including phenoxy) is 1. The van der Waals surface area contributed by atoms with Crippen LogP contribution in [0.15, 0.2) is 44.4 Å². The molecule has 0 spiro atoms. The fourth-order valence-electron chi connectivity index (χ4n) is 4.06. The first kappa shape index (κ1) is 24.9. The van der Waals surface area contributed by atoms with Crippen LogP contribution in [0.2, 0.25) is 0 Å². The topological polar surface area (TPSA) is 101 Å². The van der Waals surface area contributed by atoms with Gasteiger partial charge in [0.05, 0.1) is 16.7 Å². The molecule has 2 aliphatic rings. The predicted molar refractivity (Wildman–Crippen MR) is 127 cm³/mol. The summed E-state index contributed by atoms with van der Waals surface area (Å²) in [6.45, 7) is 2.38. The van der Waals surface area contributed by atoms with Crippen molar-refractivity contribution in [1.29, 1.82) is 0 Å². The van der Waals surface area contributed by atoms with Crippen molar-refractivity contribution in [3.63, 3.8) is 0 Å². The monoisotopic (exact) mass is 574 g/mol. The third-order valence-electron chi connectivity index (χ3n) is 5.68. The van der Waals surface area contributed by atoms with Gasteiger partial charge in [-0.2, -0.15) is 0 Å². The van der Waals surface area contributed by atoms with E-state index < -0.39 is 34.5 Å². The predicted octanol–water partition coefficient (Wildman–Crippen LogP) is 3.33. The maximum absolute atomic E-state index is 14.5. The average Bonchev–Trinajstić information content (AvgIpc) is 3.37. The van der Waals surface area contributed by atoms with E-state index in [1.807, 2.05) is 0 Å². The van der Waals surface area contributed by atoms with E-state index in [-0.39, 0.29) is 28.1 Å². The zero-order chi connectivity index (χ0) is 24.4. The molecule has 0 saturated carbocycles. The second kappa shape index (κ2) is 10.6. The van der Waals surface area contributed by atoms with Crippen molar-refractivity contribution < 1.29 is 26.7 Å². The summed E-state index contributed by atoms with van der Waals surface area (Å²) in [5.74, 6) is -2.57. The lowest BCUT2D eigenvalue weighted by atomic mass is 9.86. The van der Waals surface area contributed by atoms with Crippen LogP contribution in [-0.2, 0) is 20.4 Å². The van der Waals surface area contributed by atoms with E-state index in [4.69, 9.17) is 4.74 Å². The summed E-state index contributed by atoms with van der Waals surface area (Å²) >= 11 is 4.46. The number of aliphatic imine (C=N–C) groups is 1. The van der Waals surface area contributed by atoms with Gasteiger partial charge in [-0.15, -0.1) is 11.3 Å². The quantitative estimate of drug-likeness (QED) is 0.312. The molecule has 1 N–H and O–H groups in total. The molecule has 2 aromatic rings. The lowest BCUT2D eigenvalue weighted by Crippen LogP contribution is -2.41. The van der Waals surface area contributed by atoms with Gasteiger partial charge in [-0.05, 0) is 47.3 Å². The molecule has 1 fully saturated rings. The number of nitrogens with zero attached hydrogens (tertiary/aromatic N) is 3. The third-order valence-corrected chi connectivity index (χ3v) is 8.12. The Kier molecular flexibility index (Phi) is 7.75. The molecule has 0 amide bonds. The van der Waals surface area contributed by atoms with Gasteiger partial charge in [0.1, 0.15) is 6.04 Å². The molecular formula is C21H21BrF2N4O4S2. The molecule has 0 aliphatic carbocycles. The Morgan fingerprint density at radius 2 is 2.06 bits per heavy atom. The number of halogens is 3. The van der Waals surface area contributed by atoms with Crippen molar-refractivity contribution in [2.75, 3.05) is 19.7 Å². The van der Waals surface area contributed by atoms with Gasteiger partial charge in [0, 0.05) is 36.3 Å². The number of carbonyl (C=O) groups excluding carboxylic acids is 1. The summed E-state index contributed by atoms with van der Waals surface area (Å²) in [6, 6.07) is 1.37. The van der Waals surface area contributed by atoms with Crippen LogP contribution < -0.4 is 5.32 Å². The number of allylic oxidation sites excluding steroid dienone is 1. The van der Waals surface area contributed by atoms with Gasteiger partial charge in [-0.1, -0.05) is 6.07 Å². The highest BCUT2D eigenvalue weighted by atomic mass is 79.9. The van der Waals surface area contributed by atoms with Crippen molar-refractivity contribution >= 4 is 50.0 Å². The molecule has 182 valence electrons. The zero-order valence-corrected chi connectivity index (χ0v) is 21.3. The molecule has 34 heavy (non-hydrogen) atoms. The summed E-state index contributed by atoms with van der Waals surface area (Å²) in [5, 5.41) is 5.56. The number of esters is 1. The van der Waals surface area contributed by atoms with Crippen LogP contribution in [0.4, 0.5) is 8.78 Å². The lowest BCUT2D eigenvalue weighted by molar-refractivity contribution is -0.139. The molecule has 1 saturated heterocycles. The molecule has 0 unspecified atom stereocenters. The van der Waals surface area contributed by atoms with Crippen molar-refractivity contribution in [3.8, 4) is 0 Å². The molecule has 13 heteroatoms. The Hall–Kier alpha value is -2.22. The number of nitrogens with one attached hydrogen (secondary N) is 1. The molecule has 0 radical (unpaired) electrons. The van der Waals surface area contributed by atoms with E-state index in [0.29, 0.717) is 42.5 Å². The summed E-state index contributed by atoms with van der Waals surface area (Å²) in [5.41, 5.74) is 0.968. The van der Waals surface area contributed by atoms with E-state index in [2.05, 4.69) is 31.2 Å². The van der Waals surface area contributed by atoms with E-state index in [9.17, 15) is 22.0 Å². The average molecular weight is 575 g/mol. The van der Waals surface area contributed by atoms with Gasteiger partial charge in [0.25, 0.3) is 0 Å². The number of hydrogen-bond donors (Lipinski definition) is 2. The normalized spacial score (nSPS) is 19.8. The first-order valence-electron chi connectivity index (χ1n) is 10.5. The maximum atomic E-state index is 14.5. The number of thiol groups is 1. The second-order valence-corrected chi connectivity index (χ2v) is 10.3. The minimum atomic E-state index is -2.69. The van der Waals surface area contributed by atoms with Crippen molar-refractivity contribution in [3.05, 3.63) is 61.7 Å². The fraction of sp³-hybridized carbons (Fsp3) is 0.381. The van der Waals surface area contributed by atoms with Gasteiger partial charge in [0.15, 0.2) is 22.5 Å². The standard InChI is InChI=1S/C21H21BrF2N4O4S2/c1-2-32-21(29)14-17(11-5-8-28(9-6-11)34(30)31)26-19(20-25-7-10-33-20)27-18(14)12-3-4-13(23)16(24)15(12)22/h3-4,7,10-11,18,34H,2,5-6,8-9H2,1H3,(H,26,27)/t18-/m0/s1. The lowest BCUT2D eigenvalue weighted by Gasteiger charge is -2.35. The van der Waals surface area contributed by atoms with E-state index >= 15 is 0 Å². The van der Waals surface area contributed by atoms with Crippen LogP contribution in [0.1, 0.15) is 36.4 Å². The molecule has 8 nitrogen and oxygen atoms in total. The third kappa shape index (κ3) is 4.92. The first-order chi connectivity index (χ1) is 16.3. The summed E-state index contributed by atoms with van der Waals surface area (Å²) in [4.78, 5) is 22.1. The van der Waals surface area contributed by atoms with Crippen LogP contribution >= 0.6 is 27.3 Å². The highest BCUT2D eigenvalue weighted by Gasteiger charge is 2.38. The Morgan fingerprint density at radius 3 is 2.68 bits per heavy atom. The minimum Gasteiger partial charge on any atom is -0.463 e. The summed E-state index contributed by atoms with van der Waals surface area (Å²) in [7, 11) is -2.69. The first-order valence-corrected chi connectivity index (χ1v) is 13.3. The van der Waals surface area contributed by atoms with E-state index in [0.717, 1.165) is 6.07 Å². The second-order valence-electron chi connectivity index (χ2n) is 7.62. The molecule has 4 rings (SSSR count). The molecule has 1 aromatic heterocycles. The highest BCUT2D eigenvalue weighted by molar-refractivity contribution is 9.10. The molecule has 0 bridgehead atoms. The van der Waals surface area contributed by atoms with Crippen molar-refractivity contribution in [2.24, 2.45) is 10.9 Å². The molecule has 2 aliphatic heterocycles. The minimum absolute atomic E-state index is 0.111. The Bertz CT molecular complexity index is 1220. The fourth-order valence-corrected chi connectivity index (χ4v) is 5.75. The van der Waals surface area contributed by atoms with Crippen molar-refractivity contribution in [1.82, 2.24) is 14.6 Å². The zero-order valence-electron chi connectivity index (χ0n) is 18.0. The highest BCUT2D eigenvalue weighted by Crippen LogP contribution is 2.41. The number of rotatable bonds is 6. The Morgan fingerprint density at radius 1 is 1.32 bits per heavy atom. The van der Waals surface area contributed by atoms with E-state index in [1.54, 1.807) is 18.5 Å². The maximum Gasteiger partial charge on any atom is 0.338 e. The van der Waals surface area contributed by atoms with Crippen LogP contribution in [0.3, 0.4) is 0 Å². The smallest absolute Gasteiger partial charge is 0.338 e.